The van der Waals surface area contributed by atoms with Crippen molar-refractivity contribution in [3.8, 4) is 0 Å². The monoisotopic (exact) mass is 608 g/mol. The molecule has 230 valence electrons. The van der Waals surface area contributed by atoms with Gasteiger partial charge in [0, 0.05) is 40.1 Å². The maximum atomic E-state index is 2.40. The highest BCUT2D eigenvalue weighted by Crippen LogP contribution is 2.38. The Morgan fingerprint density at radius 2 is 1.26 bits per heavy atom. The molecular formula is C45H40N2. The quantitative estimate of drug-likeness (QED) is 0.161. The molecule has 0 bridgehead atoms. The van der Waals surface area contributed by atoms with Crippen LogP contribution in [-0.4, -0.2) is 0 Å². The van der Waals surface area contributed by atoms with Crippen LogP contribution < -0.4 is 9.80 Å². The summed E-state index contributed by atoms with van der Waals surface area (Å²) in [5, 5.41) is 2.50. The van der Waals surface area contributed by atoms with Gasteiger partial charge < -0.3 is 9.80 Å². The average Bonchev–Trinajstić information content (AvgIpc) is 3.14. The van der Waals surface area contributed by atoms with Crippen LogP contribution in [0.25, 0.3) is 16.8 Å². The zero-order valence-corrected chi connectivity index (χ0v) is 27.1. The van der Waals surface area contributed by atoms with E-state index in [2.05, 4.69) is 200 Å². The van der Waals surface area contributed by atoms with Crippen molar-refractivity contribution in [2.24, 2.45) is 0 Å². The first-order chi connectivity index (χ1) is 23.2. The van der Waals surface area contributed by atoms with Crippen LogP contribution in [0.1, 0.15) is 42.4 Å². The molecule has 0 saturated carbocycles. The molecule has 1 atom stereocenters. The van der Waals surface area contributed by atoms with Gasteiger partial charge in [0.05, 0.1) is 0 Å². The lowest BCUT2D eigenvalue weighted by Crippen LogP contribution is -2.17. The third-order valence-electron chi connectivity index (χ3n) is 9.10. The topological polar surface area (TPSA) is 6.48 Å². The molecule has 7 rings (SSSR count). The van der Waals surface area contributed by atoms with Gasteiger partial charge in [-0.3, -0.25) is 0 Å². The SMILES string of the molecule is CC/C(=C\c1ccccc1C)N(c1ccccc1)c1ccc(C2C=CC(N(c3ccccc3)c3ccc4ccccc4c3)=CC2)cc1. The molecule has 0 aliphatic heterocycles. The van der Waals surface area contributed by atoms with E-state index in [0.717, 1.165) is 18.5 Å². The highest BCUT2D eigenvalue weighted by atomic mass is 15.2. The van der Waals surface area contributed by atoms with Crippen LogP contribution in [0, 0.1) is 6.92 Å². The molecule has 47 heavy (non-hydrogen) atoms. The van der Waals surface area contributed by atoms with E-state index < -0.39 is 0 Å². The fraction of sp³-hybridized carbons (Fsp3) is 0.111. The molecule has 1 unspecified atom stereocenters. The molecule has 2 nitrogen and oxygen atoms in total. The number of fused-ring (bicyclic) bond motifs is 1. The van der Waals surface area contributed by atoms with Crippen molar-refractivity contribution in [3.05, 3.63) is 198 Å². The van der Waals surface area contributed by atoms with Gasteiger partial charge in [-0.25, -0.2) is 0 Å². The number of allylic oxidation sites excluding steroid dienone is 4. The van der Waals surface area contributed by atoms with E-state index in [1.165, 1.54) is 55.9 Å². The number of nitrogens with zero attached hydrogens (tertiary/aromatic N) is 2. The molecule has 1 aliphatic rings. The minimum Gasteiger partial charge on any atom is -0.314 e. The summed E-state index contributed by atoms with van der Waals surface area (Å²) in [6.45, 7) is 4.42. The van der Waals surface area contributed by atoms with Crippen molar-refractivity contribution in [3.63, 3.8) is 0 Å². The molecule has 0 amide bonds. The van der Waals surface area contributed by atoms with Crippen LogP contribution >= 0.6 is 0 Å². The van der Waals surface area contributed by atoms with Crippen LogP contribution in [-0.2, 0) is 0 Å². The van der Waals surface area contributed by atoms with Gasteiger partial charge in [-0.05, 0) is 108 Å². The summed E-state index contributed by atoms with van der Waals surface area (Å²) in [5.74, 6) is 0.320. The first kappa shape index (κ1) is 30.1. The summed E-state index contributed by atoms with van der Waals surface area (Å²) in [6, 6.07) is 54.4. The molecule has 0 fully saturated rings. The summed E-state index contributed by atoms with van der Waals surface area (Å²) in [6.07, 6.45) is 11.2. The highest BCUT2D eigenvalue weighted by Gasteiger charge is 2.20. The third-order valence-corrected chi connectivity index (χ3v) is 9.10. The van der Waals surface area contributed by atoms with Crippen LogP contribution in [0.4, 0.5) is 22.7 Å². The second-order valence-corrected chi connectivity index (χ2v) is 12.1. The largest absolute Gasteiger partial charge is 0.314 e. The Labute approximate surface area is 279 Å². The van der Waals surface area contributed by atoms with Gasteiger partial charge in [-0.1, -0.05) is 122 Å². The minimum absolute atomic E-state index is 0.320. The molecule has 2 heteroatoms. The van der Waals surface area contributed by atoms with Gasteiger partial charge in [0.2, 0.25) is 0 Å². The molecule has 6 aromatic carbocycles. The van der Waals surface area contributed by atoms with E-state index in [1.807, 2.05) is 0 Å². The lowest BCUT2D eigenvalue weighted by atomic mass is 9.91. The Morgan fingerprint density at radius 1 is 0.638 bits per heavy atom. The smallest absolute Gasteiger partial charge is 0.0467 e. The van der Waals surface area contributed by atoms with Gasteiger partial charge >= 0.3 is 0 Å². The Morgan fingerprint density at radius 3 is 1.94 bits per heavy atom. The number of anilines is 4. The minimum atomic E-state index is 0.320. The van der Waals surface area contributed by atoms with E-state index in [-0.39, 0.29) is 0 Å². The second-order valence-electron chi connectivity index (χ2n) is 12.1. The molecule has 0 heterocycles. The van der Waals surface area contributed by atoms with E-state index in [1.54, 1.807) is 0 Å². The fourth-order valence-corrected chi connectivity index (χ4v) is 6.54. The third kappa shape index (κ3) is 6.55. The summed E-state index contributed by atoms with van der Waals surface area (Å²) in [7, 11) is 0. The Bertz CT molecular complexity index is 2050. The summed E-state index contributed by atoms with van der Waals surface area (Å²) < 4.78 is 0. The van der Waals surface area contributed by atoms with Gasteiger partial charge in [0.15, 0.2) is 0 Å². The predicted molar refractivity (Wildman–Crippen MR) is 202 cm³/mol. The normalized spacial score (nSPS) is 14.6. The van der Waals surface area contributed by atoms with Gasteiger partial charge in [-0.15, -0.1) is 0 Å². The van der Waals surface area contributed by atoms with E-state index in [9.17, 15) is 0 Å². The second kappa shape index (κ2) is 13.8. The lowest BCUT2D eigenvalue weighted by molar-refractivity contribution is 0.839. The van der Waals surface area contributed by atoms with Crippen LogP contribution in [0.2, 0.25) is 0 Å². The average molecular weight is 609 g/mol. The van der Waals surface area contributed by atoms with Gasteiger partial charge in [0.25, 0.3) is 0 Å². The van der Waals surface area contributed by atoms with Crippen molar-refractivity contribution in [1.29, 1.82) is 0 Å². The Balaban J connectivity index is 1.17. The number of rotatable bonds is 9. The fourth-order valence-electron chi connectivity index (χ4n) is 6.54. The maximum Gasteiger partial charge on any atom is 0.0467 e. The van der Waals surface area contributed by atoms with Crippen molar-refractivity contribution in [2.75, 3.05) is 9.80 Å². The molecule has 0 spiro atoms. The highest BCUT2D eigenvalue weighted by molar-refractivity contribution is 5.88. The number of benzene rings is 6. The van der Waals surface area contributed by atoms with E-state index in [0.29, 0.717) is 5.92 Å². The van der Waals surface area contributed by atoms with E-state index in [4.69, 9.17) is 0 Å². The number of hydrogen-bond acceptors (Lipinski definition) is 2. The van der Waals surface area contributed by atoms with Crippen LogP contribution in [0.15, 0.2) is 181 Å². The number of para-hydroxylation sites is 2. The van der Waals surface area contributed by atoms with Crippen LogP contribution in [0.3, 0.4) is 0 Å². The summed E-state index contributed by atoms with van der Waals surface area (Å²) in [4.78, 5) is 4.76. The molecule has 0 radical (unpaired) electrons. The molecule has 0 saturated heterocycles. The molecule has 0 aromatic heterocycles. The first-order valence-corrected chi connectivity index (χ1v) is 16.6. The Hall–Kier alpha value is -5.60. The van der Waals surface area contributed by atoms with Gasteiger partial charge in [0.1, 0.15) is 0 Å². The standard InChI is InChI=1S/C45H40N2/c1-3-40(32-38-16-11-10-14-34(38)2)46(41-18-6-4-7-19-41)43-27-22-36(23-28-43)37-24-29-44(30-25-37)47(42-20-8-5-9-21-42)45-31-26-35-15-12-13-17-39(35)33-45/h4-24,26-33,37H,3,25H2,1-2H3/b40-32+. The van der Waals surface area contributed by atoms with Crippen molar-refractivity contribution < 1.29 is 0 Å². The predicted octanol–water partition coefficient (Wildman–Crippen LogP) is 12.5. The maximum absolute atomic E-state index is 2.40. The summed E-state index contributed by atoms with van der Waals surface area (Å²) in [5.41, 5.74) is 11.0. The van der Waals surface area contributed by atoms with Crippen molar-refractivity contribution in [1.82, 2.24) is 0 Å². The number of aryl methyl sites for hydroxylation is 1. The lowest BCUT2D eigenvalue weighted by Gasteiger charge is -2.30. The zero-order chi connectivity index (χ0) is 32.0. The molecular weight excluding hydrogens is 569 g/mol. The molecule has 0 N–H and O–H groups in total. The first-order valence-electron chi connectivity index (χ1n) is 16.6. The number of hydrogen-bond donors (Lipinski definition) is 0. The van der Waals surface area contributed by atoms with Crippen LogP contribution in [0.5, 0.6) is 0 Å². The van der Waals surface area contributed by atoms with Crippen molar-refractivity contribution in [2.45, 2.75) is 32.6 Å². The Kier molecular flexibility index (Phi) is 8.83. The summed E-state index contributed by atoms with van der Waals surface area (Å²) >= 11 is 0. The molecule has 1 aliphatic carbocycles. The molecule has 6 aromatic rings. The zero-order valence-electron chi connectivity index (χ0n) is 27.1. The van der Waals surface area contributed by atoms with Crippen molar-refractivity contribution >= 4 is 39.6 Å². The van der Waals surface area contributed by atoms with E-state index >= 15 is 0 Å². The van der Waals surface area contributed by atoms with Gasteiger partial charge in [-0.2, -0.15) is 0 Å².